The highest BCUT2D eigenvalue weighted by Gasteiger charge is 2.22. The smallest absolute Gasteiger partial charge is 0.413 e. The zero-order valence-electron chi connectivity index (χ0n) is 25.5. The topological polar surface area (TPSA) is 189 Å². The number of carbonyl (C=O) groups excluding carboxylic acids is 2. The highest BCUT2D eigenvalue weighted by molar-refractivity contribution is 6.32. The number of ether oxygens (including phenoxy) is 3. The van der Waals surface area contributed by atoms with Gasteiger partial charge in [-0.1, -0.05) is 37.0 Å². The van der Waals surface area contributed by atoms with Gasteiger partial charge in [0.2, 0.25) is 23.7 Å². The molecule has 0 aliphatic carbocycles. The van der Waals surface area contributed by atoms with Gasteiger partial charge in [-0.25, -0.2) is 39.5 Å². The molecular weight excluding hydrogens is 644 g/mol. The van der Waals surface area contributed by atoms with Gasteiger partial charge in [-0.3, -0.25) is 10.6 Å². The number of hydrogen-bond donors (Lipinski definition) is 3. The highest BCUT2D eigenvalue weighted by Crippen LogP contribution is 2.28. The van der Waals surface area contributed by atoms with Gasteiger partial charge in [0.05, 0.1) is 30.6 Å². The molecule has 1 atom stereocenters. The van der Waals surface area contributed by atoms with E-state index >= 15 is 0 Å². The van der Waals surface area contributed by atoms with Crippen LogP contribution in [0.25, 0.3) is 22.5 Å². The molecule has 4 aromatic heterocycles. The fraction of sp³-hybridized carbons (Fsp3) is 0.310. The van der Waals surface area contributed by atoms with Crippen LogP contribution in [0.5, 0.6) is 5.88 Å². The lowest BCUT2D eigenvalue weighted by Gasteiger charge is -2.26. The average Bonchev–Trinajstić information content (AvgIpc) is 3.01. The molecule has 0 unspecified atom stereocenters. The maximum absolute atomic E-state index is 13.0. The number of pyridine rings is 2. The van der Waals surface area contributed by atoms with Crippen molar-refractivity contribution in [3.05, 3.63) is 65.0 Å². The first-order valence-electron chi connectivity index (χ1n) is 13.5. The number of methoxy groups -OCH3 is 2. The van der Waals surface area contributed by atoms with Gasteiger partial charge in [0.15, 0.2) is 0 Å². The summed E-state index contributed by atoms with van der Waals surface area (Å²) in [4.78, 5) is 46.2. The van der Waals surface area contributed by atoms with Crippen molar-refractivity contribution in [2.45, 2.75) is 32.7 Å². The van der Waals surface area contributed by atoms with E-state index in [0.717, 1.165) is 6.42 Å². The summed E-state index contributed by atoms with van der Waals surface area (Å²) in [6, 6.07) is 6.32. The van der Waals surface area contributed by atoms with Crippen LogP contribution in [0.4, 0.5) is 25.9 Å². The number of nitrogens with two attached hydrogens (primary N) is 1. The van der Waals surface area contributed by atoms with E-state index in [1.165, 1.54) is 38.9 Å². The first-order valence-corrected chi connectivity index (χ1v) is 14.3. The zero-order valence-corrected chi connectivity index (χ0v) is 27.1. The van der Waals surface area contributed by atoms with E-state index in [9.17, 15) is 14.0 Å². The molecule has 0 aliphatic heterocycles. The number of aromatic nitrogens is 6. The lowest BCUT2D eigenvalue weighted by Crippen LogP contribution is -2.43. The van der Waals surface area contributed by atoms with Gasteiger partial charge in [0.1, 0.15) is 11.6 Å². The Morgan fingerprint density at radius 1 is 0.891 bits per heavy atom. The minimum absolute atomic E-state index is 0.0600. The molecule has 4 rings (SSSR count). The molecule has 0 aliphatic rings. The lowest BCUT2D eigenvalue weighted by molar-refractivity contribution is 0.186. The zero-order chi connectivity index (χ0) is 33.9. The van der Waals surface area contributed by atoms with Gasteiger partial charge in [0, 0.05) is 41.5 Å². The molecule has 46 heavy (non-hydrogen) atoms. The SMILES string of the molecule is COC(=O)Nc1nccc(-c2cnc(F)c(Cl)c2)n1.COC(=O)Nc1nccc(-c2cnc(OC[C@@](C)(N)CC(C)C)c(Cl)c2)n1. The van der Waals surface area contributed by atoms with Crippen molar-refractivity contribution in [1.29, 1.82) is 0 Å². The van der Waals surface area contributed by atoms with Crippen molar-refractivity contribution in [2.75, 3.05) is 31.5 Å². The van der Waals surface area contributed by atoms with Crippen molar-refractivity contribution in [2.24, 2.45) is 11.7 Å². The second-order valence-electron chi connectivity index (χ2n) is 10.3. The Morgan fingerprint density at radius 2 is 1.39 bits per heavy atom. The highest BCUT2D eigenvalue weighted by atomic mass is 35.5. The average molecular weight is 677 g/mol. The summed E-state index contributed by atoms with van der Waals surface area (Å²) in [6.45, 7) is 6.45. The Bertz CT molecular complexity index is 1660. The van der Waals surface area contributed by atoms with Crippen LogP contribution in [0.1, 0.15) is 27.2 Å². The Morgan fingerprint density at radius 3 is 1.85 bits per heavy atom. The van der Waals surface area contributed by atoms with Crippen molar-refractivity contribution < 1.29 is 28.2 Å². The summed E-state index contributed by atoms with van der Waals surface area (Å²) in [5.74, 6) is 0.184. The first-order chi connectivity index (χ1) is 21.8. The summed E-state index contributed by atoms with van der Waals surface area (Å²) in [7, 11) is 2.48. The molecule has 0 spiro atoms. The Hall–Kier alpha value is -4.73. The van der Waals surface area contributed by atoms with Crippen LogP contribution >= 0.6 is 23.2 Å². The van der Waals surface area contributed by atoms with Crippen molar-refractivity contribution in [3.63, 3.8) is 0 Å². The van der Waals surface area contributed by atoms with Crippen molar-refractivity contribution >= 4 is 47.3 Å². The number of rotatable bonds is 9. The fourth-order valence-corrected chi connectivity index (χ4v) is 4.29. The molecule has 2 amide bonds. The normalized spacial score (nSPS) is 11.9. The summed E-state index contributed by atoms with van der Waals surface area (Å²) in [5.41, 5.74) is 7.91. The Balaban J connectivity index is 0.000000266. The summed E-state index contributed by atoms with van der Waals surface area (Å²) >= 11 is 11.9. The summed E-state index contributed by atoms with van der Waals surface area (Å²) in [6.07, 6.45) is 5.29. The second-order valence-corrected chi connectivity index (χ2v) is 11.1. The summed E-state index contributed by atoms with van der Waals surface area (Å²) in [5, 5.41) is 4.95. The number of hydrogen-bond acceptors (Lipinski definition) is 12. The van der Waals surface area contributed by atoms with E-state index < -0.39 is 23.7 Å². The van der Waals surface area contributed by atoms with Crippen molar-refractivity contribution in [1.82, 2.24) is 29.9 Å². The molecule has 0 saturated heterocycles. The van der Waals surface area contributed by atoms with Gasteiger partial charge < -0.3 is 19.9 Å². The van der Waals surface area contributed by atoms with Crippen LogP contribution in [-0.2, 0) is 9.47 Å². The molecule has 244 valence electrons. The summed E-state index contributed by atoms with van der Waals surface area (Å²) < 4.78 is 27.6. The van der Waals surface area contributed by atoms with Gasteiger partial charge in [-0.2, -0.15) is 4.39 Å². The number of anilines is 2. The monoisotopic (exact) mass is 675 g/mol. The molecule has 0 bridgehead atoms. The number of halogens is 3. The fourth-order valence-electron chi connectivity index (χ4n) is 3.90. The first kappa shape index (κ1) is 35.7. The third-order valence-corrected chi connectivity index (χ3v) is 6.25. The largest absolute Gasteiger partial charge is 0.475 e. The number of nitrogens with zero attached hydrogens (tertiary/aromatic N) is 6. The number of nitrogens with one attached hydrogen (secondary N) is 2. The Kier molecular flexibility index (Phi) is 12.9. The molecule has 17 heteroatoms. The van der Waals surface area contributed by atoms with E-state index in [4.69, 9.17) is 33.7 Å². The molecule has 0 radical (unpaired) electrons. The number of amides is 2. The third-order valence-electron chi connectivity index (χ3n) is 5.72. The molecule has 0 saturated carbocycles. The quantitative estimate of drug-likeness (QED) is 0.175. The molecule has 4 heterocycles. The van der Waals surface area contributed by atoms with E-state index in [0.29, 0.717) is 45.9 Å². The van der Waals surface area contributed by atoms with Gasteiger partial charge >= 0.3 is 12.2 Å². The van der Waals surface area contributed by atoms with Gasteiger partial charge in [0.25, 0.3) is 0 Å². The molecule has 4 N–H and O–H groups in total. The third kappa shape index (κ3) is 11.0. The van der Waals surface area contributed by atoms with Crippen LogP contribution < -0.4 is 21.1 Å². The molecule has 0 aromatic carbocycles. The van der Waals surface area contributed by atoms with E-state index in [1.54, 1.807) is 24.4 Å². The number of carbonyl (C=O) groups is 2. The maximum Gasteiger partial charge on any atom is 0.413 e. The van der Waals surface area contributed by atoms with Crippen LogP contribution in [0.15, 0.2) is 49.1 Å². The molecule has 14 nitrogen and oxygen atoms in total. The van der Waals surface area contributed by atoms with Crippen LogP contribution in [-0.4, -0.2) is 68.5 Å². The molecule has 4 aromatic rings. The van der Waals surface area contributed by atoms with E-state index in [-0.39, 0.29) is 16.9 Å². The van der Waals surface area contributed by atoms with Crippen molar-refractivity contribution in [3.8, 4) is 28.4 Å². The van der Waals surface area contributed by atoms with Crippen LogP contribution in [0, 0.1) is 11.9 Å². The minimum Gasteiger partial charge on any atom is -0.475 e. The predicted molar refractivity (Wildman–Crippen MR) is 170 cm³/mol. The van der Waals surface area contributed by atoms with Gasteiger partial charge in [-0.05, 0) is 43.5 Å². The van der Waals surface area contributed by atoms with Crippen LogP contribution in [0.3, 0.4) is 0 Å². The predicted octanol–water partition coefficient (Wildman–Crippen LogP) is 6.02. The van der Waals surface area contributed by atoms with Gasteiger partial charge in [-0.15, -0.1) is 0 Å². The van der Waals surface area contributed by atoms with Crippen LogP contribution in [0.2, 0.25) is 10.0 Å². The Labute approximate surface area is 274 Å². The second kappa shape index (κ2) is 16.5. The lowest BCUT2D eigenvalue weighted by atomic mass is 9.93. The van der Waals surface area contributed by atoms with E-state index in [1.807, 2.05) is 6.92 Å². The molecule has 0 fully saturated rings. The molecular formula is C29H32Cl2FN9O5. The maximum atomic E-state index is 13.0. The minimum atomic E-state index is -0.757. The van der Waals surface area contributed by atoms with E-state index in [2.05, 4.69) is 63.9 Å². The standard InChI is InChI=1S/C18H24ClN5O3.C11H8ClFN4O2/c1-11(2)8-18(3,20)10-27-15-13(19)7-12(9-22-15)14-5-6-21-16(23-14)24-17(25)26-4;1-19-11(18)17-10-14-3-2-8(16-10)6-4-7(12)9(13)15-5-6/h5-7,9,11H,8,10,20H2,1-4H3,(H,21,23,24,25);2-5H,1H3,(H,14,16,17,18)/t18-;/m0./s1.